The Morgan fingerprint density at radius 1 is 1.08 bits per heavy atom. The fraction of sp³-hybridized carbons (Fsp3) is 0.778. The summed E-state index contributed by atoms with van der Waals surface area (Å²) in [5.74, 6) is -1.95. The Labute approximate surface area is 76.6 Å². The van der Waals surface area contributed by atoms with Crippen molar-refractivity contribution in [1.82, 2.24) is 0 Å². The summed E-state index contributed by atoms with van der Waals surface area (Å²) in [6, 6.07) is 0. The highest BCUT2D eigenvalue weighted by atomic mass is 16.4. The average molecular weight is 186 g/mol. The van der Waals surface area contributed by atoms with Crippen molar-refractivity contribution in [2.24, 2.45) is 10.8 Å². The summed E-state index contributed by atoms with van der Waals surface area (Å²) >= 11 is 0. The van der Waals surface area contributed by atoms with Crippen molar-refractivity contribution in [1.29, 1.82) is 0 Å². The lowest BCUT2D eigenvalue weighted by molar-refractivity contribution is -0.154. The molecule has 1 fully saturated rings. The molecule has 0 aliphatic heterocycles. The first-order chi connectivity index (χ1) is 5.97. The Balaban J connectivity index is 2.99. The molecule has 0 aromatic heterocycles. The molecule has 0 heterocycles. The molecule has 0 radical (unpaired) electrons. The van der Waals surface area contributed by atoms with E-state index in [-0.39, 0.29) is 6.42 Å². The first-order valence-corrected chi connectivity index (χ1v) is 4.43. The highest BCUT2D eigenvalue weighted by Gasteiger charge is 2.74. The van der Waals surface area contributed by atoms with Gasteiger partial charge in [-0.25, -0.2) is 0 Å². The van der Waals surface area contributed by atoms with Gasteiger partial charge in [0.15, 0.2) is 0 Å². The van der Waals surface area contributed by atoms with E-state index in [4.69, 9.17) is 10.2 Å². The zero-order valence-corrected chi connectivity index (χ0v) is 7.83. The molecule has 0 bridgehead atoms. The highest BCUT2D eigenvalue weighted by molar-refractivity contribution is 5.92. The van der Waals surface area contributed by atoms with E-state index in [0.29, 0.717) is 12.8 Å². The van der Waals surface area contributed by atoms with Crippen molar-refractivity contribution < 1.29 is 19.8 Å². The summed E-state index contributed by atoms with van der Waals surface area (Å²) in [6.07, 6.45) is 1.06. The Morgan fingerprint density at radius 3 is 1.46 bits per heavy atom. The van der Waals surface area contributed by atoms with E-state index < -0.39 is 22.8 Å². The van der Waals surface area contributed by atoms with E-state index in [0.717, 1.165) is 0 Å². The molecule has 1 aliphatic rings. The second-order valence-electron chi connectivity index (χ2n) is 3.66. The predicted octanol–water partition coefficient (Wildman–Crippen LogP) is 1.35. The molecule has 0 unspecified atom stereocenters. The van der Waals surface area contributed by atoms with Crippen LogP contribution in [0, 0.1) is 10.8 Å². The van der Waals surface area contributed by atoms with Crippen LogP contribution >= 0.6 is 0 Å². The lowest BCUT2D eigenvalue weighted by Crippen LogP contribution is -2.28. The van der Waals surface area contributed by atoms with Crippen LogP contribution in [0.25, 0.3) is 0 Å². The van der Waals surface area contributed by atoms with Crippen LogP contribution in [0.5, 0.6) is 0 Å². The third-order valence-corrected chi connectivity index (χ3v) is 3.42. The first kappa shape index (κ1) is 10.0. The number of hydrogen-bond acceptors (Lipinski definition) is 2. The molecule has 74 valence electrons. The number of carboxylic acids is 2. The van der Waals surface area contributed by atoms with Crippen LogP contribution < -0.4 is 0 Å². The monoisotopic (exact) mass is 186 g/mol. The Morgan fingerprint density at radius 2 is 1.38 bits per heavy atom. The maximum atomic E-state index is 10.9. The van der Waals surface area contributed by atoms with E-state index >= 15 is 0 Å². The maximum Gasteiger partial charge on any atom is 0.310 e. The van der Waals surface area contributed by atoms with Gasteiger partial charge in [-0.3, -0.25) is 9.59 Å². The zero-order chi connectivity index (χ0) is 10.3. The van der Waals surface area contributed by atoms with Gasteiger partial charge in [0.05, 0.1) is 10.8 Å². The number of carbonyl (C=O) groups is 2. The quantitative estimate of drug-likeness (QED) is 0.695. The molecule has 2 N–H and O–H groups in total. The molecule has 13 heavy (non-hydrogen) atoms. The molecule has 1 rings (SSSR count). The van der Waals surface area contributed by atoms with Crippen molar-refractivity contribution in [3.05, 3.63) is 0 Å². The summed E-state index contributed by atoms with van der Waals surface area (Å²) in [5.41, 5.74) is -2.01. The van der Waals surface area contributed by atoms with Crippen LogP contribution in [0.3, 0.4) is 0 Å². The smallest absolute Gasteiger partial charge is 0.310 e. The third-order valence-electron chi connectivity index (χ3n) is 3.42. The molecule has 0 amide bonds. The second kappa shape index (κ2) is 2.72. The largest absolute Gasteiger partial charge is 0.481 e. The fourth-order valence-corrected chi connectivity index (χ4v) is 2.26. The number of hydrogen-bond donors (Lipinski definition) is 2. The van der Waals surface area contributed by atoms with E-state index in [1.165, 1.54) is 0 Å². The molecule has 0 aromatic carbocycles. The van der Waals surface area contributed by atoms with E-state index in [2.05, 4.69) is 0 Å². The lowest BCUT2D eigenvalue weighted by Gasteiger charge is -2.15. The molecule has 1 saturated carbocycles. The van der Waals surface area contributed by atoms with Crippen LogP contribution in [0.1, 0.15) is 33.1 Å². The lowest BCUT2D eigenvalue weighted by atomic mass is 9.88. The number of aliphatic carboxylic acids is 2. The van der Waals surface area contributed by atoms with Crippen LogP contribution in [0.15, 0.2) is 0 Å². The van der Waals surface area contributed by atoms with Crippen LogP contribution in [-0.2, 0) is 9.59 Å². The SMILES string of the molecule is CC[C@@]1(C(=O)O)C[C@]1(CC)C(=O)O. The molecule has 0 saturated heterocycles. The molecule has 0 spiro atoms. The maximum absolute atomic E-state index is 10.9. The minimum Gasteiger partial charge on any atom is -0.481 e. The van der Waals surface area contributed by atoms with E-state index in [1.54, 1.807) is 13.8 Å². The summed E-state index contributed by atoms with van der Waals surface area (Å²) < 4.78 is 0. The predicted molar refractivity (Wildman–Crippen MR) is 45.3 cm³/mol. The molecule has 1 aliphatic carbocycles. The van der Waals surface area contributed by atoms with Gasteiger partial charge in [0.25, 0.3) is 0 Å². The van der Waals surface area contributed by atoms with E-state index in [9.17, 15) is 9.59 Å². The summed E-state index contributed by atoms with van der Waals surface area (Å²) in [6.45, 7) is 3.46. The molecule has 2 atom stereocenters. The second-order valence-corrected chi connectivity index (χ2v) is 3.66. The van der Waals surface area contributed by atoms with Crippen molar-refractivity contribution in [2.45, 2.75) is 33.1 Å². The Hall–Kier alpha value is -1.06. The van der Waals surface area contributed by atoms with Crippen molar-refractivity contribution in [3.8, 4) is 0 Å². The summed E-state index contributed by atoms with van der Waals surface area (Å²) in [5, 5.41) is 17.9. The molecule has 0 aromatic rings. The van der Waals surface area contributed by atoms with Crippen LogP contribution in [-0.4, -0.2) is 22.2 Å². The van der Waals surface area contributed by atoms with Crippen molar-refractivity contribution in [3.63, 3.8) is 0 Å². The number of carboxylic acid groups (broad SMARTS) is 2. The van der Waals surface area contributed by atoms with Crippen molar-refractivity contribution in [2.75, 3.05) is 0 Å². The fourth-order valence-electron chi connectivity index (χ4n) is 2.26. The Bertz CT molecular complexity index is 234. The minimum atomic E-state index is -1.01. The minimum absolute atomic E-state index is 0.275. The van der Waals surface area contributed by atoms with Gasteiger partial charge in [0.2, 0.25) is 0 Å². The van der Waals surface area contributed by atoms with Gasteiger partial charge in [0, 0.05) is 0 Å². The van der Waals surface area contributed by atoms with Crippen molar-refractivity contribution >= 4 is 11.9 Å². The van der Waals surface area contributed by atoms with Gasteiger partial charge in [-0.2, -0.15) is 0 Å². The van der Waals surface area contributed by atoms with Crippen LogP contribution in [0.4, 0.5) is 0 Å². The summed E-state index contributed by atoms with van der Waals surface area (Å²) in [4.78, 5) is 21.9. The average Bonchev–Trinajstić information content (AvgIpc) is 2.75. The third kappa shape index (κ3) is 0.975. The topological polar surface area (TPSA) is 74.6 Å². The van der Waals surface area contributed by atoms with Gasteiger partial charge in [0.1, 0.15) is 0 Å². The highest BCUT2D eigenvalue weighted by Crippen LogP contribution is 2.68. The first-order valence-electron chi connectivity index (χ1n) is 4.43. The normalized spacial score (nSPS) is 37.1. The van der Waals surface area contributed by atoms with E-state index in [1.807, 2.05) is 0 Å². The molecular formula is C9H14O4. The Kier molecular flexibility index (Phi) is 2.10. The number of rotatable bonds is 4. The zero-order valence-electron chi connectivity index (χ0n) is 7.83. The van der Waals surface area contributed by atoms with Gasteiger partial charge in [-0.05, 0) is 19.3 Å². The molecule has 4 heteroatoms. The standard InChI is InChI=1S/C9H14O4/c1-3-8(6(10)11)5-9(8,4-2)7(12)13/h3-5H2,1-2H3,(H,10,11)(H,12,13)/t8-,9+. The van der Waals surface area contributed by atoms with Gasteiger partial charge in [-0.1, -0.05) is 13.8 Å². The molecule has 4 nitrogen and oxygen atoms in total. The van der Waals surface area contributed by atoms with Gasteiger partial charge in [-0.15, -0.1) is 0 Å². The molecular weight excluding hydrogens is 172 g/mol. The van der Waals surface area contributed by atoms with Crippen LogP contribution in [0.2, 0.25) is 0 Å². The van der Waals surface area contributed by atoms with Gasteiger partial charge < -0.3 is 10.2 Å². The summed E-state index contributed by atoms with van der Waals surface area (Å²) in [7, 11) is 0. The van der Waals surface area contributed by atoms with Gasteiger partial charge >= 0.3 is 11.9 Å².